The van der Waals surface area contributed by atoms with Gasteiger partial charge in [0.2, 0.25) is 0 Å². The molecule has 0 saturated heterocycles. The van der Waals surface area contributed by atoms with Crippen molar-refractivity contribution in [2.24, 2.45) is 5.41 Å². The first-order valence-corrected chi connectivity index (χ1v) is 24.2. The molecule has 3 heteroatoms. The fourth-order valence-electron chi connectivity index (χ4n) is 8.86. The van der Waals surface area contributed by atoms with Crippen molar-refractivity contribution in [2.45, 2.75) is 170 Å². The molecule has 0 saturated carbocycles. The molecule has 0 aliphatic carbocycles. The Morgan fingerprint density at radius 3 is 1.67 bits per heavy atom. The summed E-state index contributed by atoms with van der Waals surface area (Å²) < 4.78 is 2.39. The summed E-state index contributed by atoms with van der Waals surface area (Å²) in [6.45, 7) is 35.2. The summed E-state index contributed by atoms with van der Waals surface area (Å²) in [6, 6.07) is 27.1. The molecule has 0 amide bonds. The van der Waals surface area contributed by atoms with Gasteiger partial charge >= 0.3 is 0 Å². The summed E-state index contributed by atoms with van der Waals surface area (Å²) in [6.07, 6.45) is 9.01. The van der Waals surface area contributed by atoms with E-state index in [1.165, 1.54) is 82.8 Å². The molecule has 0 spiro atoms. The van der Waals surface area contributed by atoms with Crippen molar-refractivity contribution in [3.05, 3.63) is 89.0 Å². The zero-order valence-corrected chi connectivity index (χ0v) is 37.9. The largest absolute Gasteiger partial charge is 0.505 e. The normalized spacial score (nSPS) is 13.4. The second-order valence-corrected chi connectivity index (χ2v) is 26.1. The number of benzene rings is 4. The van der Waals surface area contributed by atoms with E-state index in [2.05, 4.69) is 174 Å². The number of fused-ring (bicyclic) bond motifs is 3. The van der Waals surface area contributed by atoms with Gasteiger partial charge in [0.15, 0.2) is 0 Å². The van der Waals surface area contributed by atoms with E-state index in [0.717, 1.165) is 34.3 Å². The molecule has 0 aliphatic heterocycles. The van der Waals surface area contributed by atoms with Gasteiger partial charge in [0.1, 0.15) is 5.75 Å². The maximum Gasteiger partial charge on any atom is 0.147 e. The highest BCUT2D eigenvalue weighted by Crippen LogP contribution is 2.46. The van der Waals surface area contributed by atoms with Gasteiger partial charge in [-0.15, -0.1) is 0 Å². The number of aryl methyl sites for hydroxylation is 1. The number of phenolic OH excluding ortho intramolecular Hbond substituents is 1. The van der Waals surface area contributed by atoms with Gasteiger partial charge in [0.25, 0.3) is 0 Å². The van der Waals surface area contributed by atoms with Gasteiger partial charge in [-0.25, -0.2) is 0 Å². The molecule has 5 aromatic rings. The number of hydrogen-bond acceptors (Lipinski definition) is 1. The quantitative estimate of drug-likeness (QED) is 0.0999. The van der Waals surface area contributed by atoms with Gasteiger partial charge in [0.05, 0.1) is 24.8 Å². The minimum Gasteiger partial charge on any atom is -0.505 e. The van der Waals surface area contributed by atoms with Gasteiger partial charge in [-0.2, -0.15) is 0 Å². The molecule has 0 radical (unpaired) electrons. The van der Waals surface area contributed by atoms with Crippen LogP contribution in [0, 0.1) is 12.3 Å². The molecule has 0 bridgehead atoms. The zero-order chi connectivity index (χ0) is 40.0. The summed E-state index contributed by atoms with van der Waals surface area (Å²) in [5.74, 6) is 0.360. The van der Waals surface area contributed by atoms with Crippen LogP contribution in [0.5, 0.6) is 5.75 Å². The molecule has 0 fully saturated rings. The van der Waals surface area contributed by atoms with E-state index >= 15 is 0 Å². The number of unbranched alkanes of at least 4 members (excludes halogenated alkanes) is 5. The number of hydrogen-bond donors (Lipinski definition) is 1. The Morgan fingerprint density at radius 1 is 0.611 bits per heavy atom. The second kappa shape index (κ2) is 15.3. The standard InChI is InChI=1S/C51H73NOSi/c1-16-17-18-19-20-21-26-54(14,15)40-28-35(2)27-36(29-40)43-30-39(51(12,13)34-48(3,4)5)33-46(47(43)53)52-44-31-37(49(6,7)8)22-24-41(44)42-25-23-38(32-45(42)52)50(9,10)11/h22-25,27-33,53H,16-21,26,34H2,1-15H3. The van der Waals surface area contributed by atoms with Crippen LogP contribution in [0.1, 0.15) is 150 Å². The summed E-state index contributed by atoms with van der Waals surface area (Å²) in [4.78, 5) is 0. The van der Waals surface area contributed by atoms with Crippen LogP contribution < -0.4 is 5.19 Å². The third-order valence-electron chi connectivity index (χ3n) is 11.9. The van der Waals surface area contributed by atoms with E-state index in [1.807, 2.05) is 0 Å². The lowest BCUT2D eigenvalue weighted by molar-refractivity contribution is 0.284. The van der Waals surface area contributed by atoms with Crippen molar-refractivity contribution < 1.29 is 5.11 Å². The predicted molar refractivity (Wildman–Crippen MR) is 242 cm³/mol. The Balaban J connectivity index is 1.81. The Hall–Kier alpha value is -3.30. The van der Waals surface area contributed by atoms with Gasteiger partial charge in [-0.3, -0.25) is 0 Å². The van der Waals surface area contributed by atoms with Crippen molar-refractivity contribution in [1.29, 1.82) is 0 Å². The fourth-order valence-corrected chi connectivity index (χ4v) is 11.4. The van der Waals surface area contributed by atoms with Crippen LogP contribution in [0.15, 0.2) is 66.7 Å². The second-order valence-electron chi connectivity index (χ2n) is 21.3. The molecule has 2 nitrogen and oxygen atoms in total. The molecule has 1 aromatic heterocycles. The van der Waals surface area contributed by atoms with Crippen LogP contribution in [0.4, 0.5) is 0 Å². The van der Waals surface area contributed by atoms with Crippen LogP contribution in [-0.4, -0.2) is 17.7 Å². The zero-order valence-electron chi connectivity index (χ0n) is 36.9. The Kier molecular flexibility index (Phi) is 11.9. The first-order chi connectivity index (χ1) is 24.9. The lowest BCUT2D eigenvalue weighted by Crippen LogP contribution is -2.41. The highest BCUT2D eigenvalue weighted by molar-refractivity contribution is 6.89. The highest BCUT2D eigenvalue weighted by atomic mass is 28.3. The van der Waals surface area contributed by atoms with Crippen molar-refractivity contribution in [1.82, 2.24) is 4.57 Å². The minimum absolute atomic E-state index is 0.0139. The summed E-state index contributed by atoms with van der Waals surface area (Å²) in [7, 11) is -1.72. The van der Waals surface area contributed by atoms with E-state index in [1.54, 1.807) is 0 Å². The van der Waals surface area contributed by atoms with Gasteiger partial charge in [-0.1, -0.05) is 194 Å². The Labute approximate surface area is 330 Å². The van der Waals surface area contributed by atoms with Gasteiger partial charge in [0, 0.05) is 16.3 Å². The molecule has 1 N–H and O–H groups in total. The minimum atomic E-state index is -1.72. The molecular formula is C51H73NOSi. The number of phenols is 1. The molecule has 0 aliphatic rings. The van der Waals surface area contributed by atoms with E-state index in [0.29, 0.717) is 5.75 Å². The molecule has 5 rings (SSSR count). The number of rotatable bonds is 12. The maximum atomic E-state index is 12.8. The predicted octanol–water partition coefficient (Wildman–Crippen LogP) is 15.0. The van der Waals surface area contributed by atoms with E-state index in [4.69, 9.17) is 0 Å². The van der Waals surface area contributed by atoms with E-state index in [-0.39, 0.29) is 21.7 Å². The smallest absolute Gasteiger partial charge is 0.147 e. The van der Waals surface area contributed by atoms with E-state index in [9.17, 15) is 5.11 Å². The van der Waals surface area contributed by atoms with Crippen molar-refractivity contribution in [3.8, 4) is 22.6 Å². The summed E-state index contributed by atoms with van der Waals surface area (Å²) in [5.41, 5.74) is 10.3. The van der Waals surface area contributed by atoms with Crippen molar-refractivity contribution in [3.63, 3.8) is 0 Å². The number of aromatic hydroxyl groups is 1. The number of aromatic nitrogens is 1. The molecule has 54 heavy (non-hydrogen) atoms. The van der Waals surface area contributed by atoms with Crippen molar-refractivity contribution in [2.75, 3.05) is 0 Å². The average molecular weight is 744 g/mol. The lowest BCUT2D eigenvalue weighted by Gasteiger charge is -2.34. The molecule has 292 valence electrons. The Morgan fingerprint density at radius 2 is 1.15 bits per heavy atom. The number of nitrogens with zero attached hydrogens (tertiary/aromatic N) is 1. The van der Waals surface area contributed by atoms with Crippen LogP contribution >= 0.6 is 0 Å². The summed E-state index contributed by atoms with van der Waals surface area (Å²) >= 11 is 0. The highest BCUT2D eigenvalue weighted by Gasteiger charge is 2.31. The maximum absolute atomic E-state index is 12.8. The lowest BCUT2D eigenvalue weighted by atomic mass is 9.71. The van der Waals surface area contributed by atoms with Crippen LogP contribution in [0.2, 0.25) is 19.1 Å². The van der Waals surface area contributed by atoms with Crippen LogP contribution in [0.25, 0.3) is 38.6 Å². The topological polar surface area (TPSA) is 25.2 Å². The first kappa shape index (κ1) is 41.9. The van der Waals surface area contributed by atoms with Crippen LogP contribution in [-0.2, 0) is 16.2 Å². The monoisotopic (exact) mass is 744 g/mol. The third kappa shape index (κ3) is 9.21. The third-order valence-corrected chi connectivity index (χ3v) is 15.4. The average Bonchev–Trinajstić information content (AvgIpc) is 3.37. The van der Waals surface area contributed by atoms with Crippen LogP contribution in [0.3, 0.4) is 0 Å². The molecule has 4 aromatic carbocycles. The van der Waals surface area contributed by atoms with Gasteiger partial charge < -0.3 is 9.67 Å². The molecule has 1 heterocycles. The first-order valence-electron chi connectivity index (χ1n) is 21.0. The Bertz CT molecular complexity index is 2030. The van der Waals surface area contributed by atoms with Crippen molar-refractivity contribution >= 4 is 35.1 Å². The van der Waals surface area contributed by atoms with E-state index < -0.39 is 8.07 Å². The fraction of sp³-hybridized carbons (Fsp3) is 0.529. The molecule has 0 atom stereocenters. The van der Waals surface area contributed by atoms with Gasteiger partial charge in [-0.05, 0) is 81.5 Å². The molecule has 0 unspecified atom stereocenters. The molecular weight excluding hydrogens is 671 g/mol. The SMILES string of the molecule is CCCCCCCC[Si](C)(C)c1cc(C)cc(-c2cc(C(C)(C)CC(C)(C)C)cc(-n3c4cc(C(C)(C)C)ccc4c4ccc(C(C)(C)C)cc43)c2O)c1. The summed E-state index contributed by atoms with van der Waals surface area (Å²) in [5, 5.41) is 16.8.